The highest BCUT2D eigenvalue weighted by atomic mass is 16.7. The van der Waals surface area contributed by atoms with Gasteiger partial charge < -0.3 is 9.47 Å². The van der Waals surface area contributed by atoms with Gasteiger partial charge in [-0.05, 0) is 51.2 Å². The van der Waals surface area contributed by atoms with E-state index in [1.165, 1.54) is 24.0 Å². The minimum absolute atomic E-state index is 0.321. The van der Waals surface area contributed by atoms with E-state index in [-0.39, 0.29) is 5.79 Å². The summed E-state index contributed by atoms with van der Waals surface area (Å²) in [5.41, 5.74) is 2.51. The molecule has 1 heterocycles. The zero-order valence-electron chi connectivity index (χ0n) is 14.9. The van der Waals surface area contributed by atoms with Crippen molar-refractivity contribution in [2.24, 2.45) is 0 Å². The molecule has 1 saturated carbocycles. The van der Waals surface area contributed by atoms with Crippen LogP contribution in [0.3, 0.4) is 0 Å². The van der Waals surface area contributed by atoms with Crippen molar-refractivity contribution in [3.63, 3.8) is 0 Å². The maximum atomic E-state index is 6.14. The van der Waals surface area contributed by atoms with Gasteiger partial charge in [0.2, 0.25) is 0 Å². The van der Waals surface area contributed by atoms with Gasteiger partial charge in [0.05, 0.1) is 0 Å². The van der Waals surface area contributed by atoms with E-state index < -0.39 is 0 Å². The maximum absolute atomic E-state index is 6.14. The maximum Gasteiger partial charge on any atom is 0.251 e. The SMILES string of the molecule is CC.CC.CC/C(C)=C1/OC2(CCCC2)OC1=C(C)C. The normalized spacial score (nSPS) is 21.1. The average Bonchev–Trinajstić information content (AvgIpc) is 3.10. The van der Waals surface area contributed by atoms with Gasteiger partial charge in [-0.25, -0.2) is 0 Å². The second-order valence-corrected chi connectivity index (χ2v) is 5.11. The molecule has 1 saturated heterocycles. The lowest BCUT2D eigenvalue weighted by molar-refractivity contribution is -0.130. The van der Waals surface area contributed by atoms with Crippen LogP contribution in [0.2, 0.25) is 0 Å². The lowest BCUT2D eigenvalue weighted by atomic mass is 10.1. The number of rotatable bonds is 1. The van der Waals surface area contributed by atoms with Crippen LogP contribution in [-0.4, -0.2) is 5.79 Å². The third kappa shape index (κ3) is 4.29. The largest absolute Gasteiger partial charge is 0.449 e. The second kappa shape index (κ2) is 9.10. The lowest BCUT2D eigenvalue weighted by Gasteiger charge is -2.20. The van der Waals surface area contributed by atoms with Crippen LogP contribution in [0.4, 0.5) is 0 Å². The summed E-state index contributed by atoms with van der Waals surface area (Å²) in [5.74, 6) is 1.67. The van der Waals surface area contributed by atoms with Gasteiger partial charge in [-0.1, -0.05) is 34.6 Å². The van der Waals surface area contributed by atoms with Gasteiger partial charge in [0.25, 0.3) is 5.79 Å². The molecule has 2 aliphatic rings. The molecule has 0 atom stereocenters. The van der Waals surface area contributed by atoms with Crippen LogP contribution >= 0.6 is 0 Å². The third-order valence-corrected chi connectivity index (χ3v) is 3.52. The summed E-state index contributed by atoms with van der Waals surface area (Å²) in [6.07, 6.45) is 5.52. The number of allylic oxidation sites excluding steroid dienone is 2. The molecular weight excluding hydrogens is 248 g/mol. The Morgan fingerprint density at radius 1 is 0.900 bits per heavy atom. The average molecular weight is 282 g/mol. The summed E-state index contributed by atoms with van der Waals surface area (Å²) in [6.45, 7) is 16.5. The molecule has 2 heteroatoms. The van der Waals surface area contributed by atoms with Gasteiger partial charge in [0.15, 0.2) is 11.5 Å². The molecule has 1 aliphatic heterocycles. The summed E-state index contributed by atoms with van der Waals surface area (Å²) in [6, 6.07) is 0. The lowest BCUT2D eigenvalue weighted by Crippen LogP contribution is -2.24. The fourth-order valence-corrected chi connectivity index (χ4v) is 2.37. The van der Waals surface area contributed by atoms with E-state index in [1.807, 2.05) is 27.7 Å². The Morgan fingerprint density at radius 2 is 1.35 bits per heavy atom. The second-order valence-electron chi connectivity index (χ2n) is 5.11. The van der Waals surface area contributed by atoms with Crippen LogP contribution in [0.25, 0.3) is 0 Å². The summed E-state index contributed by atoms with van der Waals surface area (Å²) in [4.78, 5) is 0. The van der Waals surface area contributed by atoms with Gasteiger partial charge >= 0.3 is 0 Å². The molecule has 1 aliphatic carbocycles. The summed E-state index contributed by atoms with van der Waals surface area (Å²) in [5, 5.41) is 0. The molecular formula is C18H34O2. The Labute approximate surface area is 126 Å². The van der Waals surface area contributed by atoms with Crippen molar-refractivity contribution in [1.82, 2.24) is 0 Å². The Kier molecular flexibility index (Phi) is 8.68. The number of hydrogen-bond donors (Lipinski definition) is 0. The highest BCUT2D eigenvalue weighted by Crippen LogP contribution is 2.46. The Bertz CT molecular complexity index is 340. The Hall–Kier alpha value is -0.920. The standard InChI is InChI=1S/C14H22O2.2C2H6/c1-5-11(4)13-12(10(2)3)15-14(16-13)8-6-7-9-14;2*1-2/h5-9H2,1-4H3;2*1-2H3/b13-11+;;. The van der Waals surface area contributed by atoms with Crippen LogP contribution in [0.1, 0.15) is 87.5 Å². The highest BCUT2D eigenvalue weighted by molar-refractivity contribution is 5.32. The van der Waals surface area contributed by atoms with E-state index >= 15 is 0 Å². The number of hydrogen-bond acceptors (Lipinski definition) is 2. The first-order valence-electron chi connectivity index (χ1n) is 8.33. The van der Waals surface area contributed by atoms with E-state index in [0.717, 1.165) is 30.8 Å². The van der Waals surface area contributed by atoms with Crippen molar-refractivity contribution in [3.8, 4) is 0 Å². The first kappa shape index (κ1) is 19.1. The van der Waals surface area contributed by atoms with Crippen LogP contribution in [0.5, 0.6) is 0 Å². The zero-order chi connectivity index (χ0) is 15.8. The monoisotopic (exact) mass is 282 g/mol. The highest BCUT2D eigenvalue weighted by Gasteiger charge is 2.46. The smallest absolute Gasteiger partial charge is 0.251 e. The molecule has 0 aromatic heterocycles. The topological polar surface area (TPSA) is 18.5 Å². The van der Waals surface area contributed by atoms with E-state index in [2.05, 4.69) is 27.7 Å². The minimum Gasteiger partial charge on any atom is -0.449 e. The molecule has 118 valence electrons. The molecule has 20 heavy (non-hydrogen) atoms. The molecule has 1 spiro atoms. The fourth-order valence-electron chi connectivity index (χ4n) is 2.37. The summed E-state index contributed by atoms with van der Waals surface area (Å²) < 4.78 is 12.2. The van der Waals surface area contributed by atoms with Crippen LogP contribution in [-0.2, 0) is 9.47 Å². The molecule has 0 N–H and O–H groups in total. The number of ether oxygens (including phenoxy) is 2. The van der Waals surface area contributed by atoms with E-state index in [9.17, 15) is 0 Å². The van der Waals surface area contributed by atoms with Crippen molar-refractivity contribution >= 4 is 0 Å². The molecule has 2 rings (SSSR count). The van der Waals surface area contributed by atoms with E-state index in [4.69, 9.17) is 9.47 Å². The molecule has 0 aromatic rings. The Morgan fingerprint density at radius 3 is 1.75 bits per heavy atom. The molecule has 2 fully saturated rings. The van der Waals surface area contributed by atoms with E-state index in [0.29, 0.717) is 0 Å². The molecule has 0 bridgehead atoms. The minimum atomic E-state index is -0.321. The van der Waals surface area contributed by atoms with Crippen LogP contribution < -0.4 is 0 Å². The van der Waals surface area contributed by atoms with Gasteiger partial charge in [-0.15, -0.1) is 0 Å². The Balaban J connectivity index is 0.000000829. The van der Waals surface area contributed by atoms with E-state index in [1.54, 1.807) is 0 Å². The van der Waals surface area contributed by atoms with Gasteiger partial charge in [0, 0.05) is 12.8 Å². The predicted molar refractivity (Wildman–Crippen MR) is 87.4 cm³/mol. The van der Waals surface area contributed by atoms with Crippen molar-refractivity contribution in [2.45, 2.75) is 93.3 Å². The third-order valence-electron chi connectivity index (χ3n) is 3.52. The van der Waals surface area contributed by atoms with Gasteiger partial charge in [0.1, 0.15) is 0 Å². The molecule has 0 unspecified atom stereocenters. The summed E-state index contributed by atoms with van der Waals surface area (Å²) >= 11 is 0. The predicted octanol–water partition coefficient (Wildman–Crippen LogP) is 6.33. The van der Waals surface area contributed by atoms with Crippen molar-refractivity contribution in [1.29, 1.82) is 0 Å². The van der Waals surface area contributed by atoms with Crippen molar-refractivity contribution in [2.75, 3.05) is 0 Å². The first-order chi connectivity index (χ1) is 9.58. The zero-order valence-corrected chi connectivity index (χ0v) is 14.9. The molecule has 0 aromatic carbocycles. The van der Waals surface area contributed by atoms with Gasteiger partial charge in [-0.3, -0.25) is 0 Å². The molecule has 2 nitrogen and oxygen atoms in total. The van der Waals surface area contributed by atoms with Crippen molar-refractivity contribution < 1.29 is 9.47 Å². The molecule has 0 amide bonds. The summed E-state index contributed by atoms with van der Waals surface area (Å²) in [7, 11) is 0. The first-order valence-corrected chi connectivity index (χ1v) is 8.33. The van der Waals surface area contributed by atoms with Gasteiger partial charge in [-0.2, -0.15) is 0 Å². The fraction of sp³-hybridized carbons (Fsp3) is 0.778. The molecule has 0 radical (unpaired) electrons. The van der Waals surface area contributed by atoms with Crippen LogP contribution in [0, 0.1) is 0 Å². The quantitative estimate of drug-likeness (QED) is 0.559. The van der Waals surface area contributed by atoms with Crippen LogP contribution in [0.15, 0.2) is 22.7 Å². The van der Waals surface area contributed by atoms with Crippen molar-refractivity contribution in [3.05, 3.63) is 22.7 Å².